The van der Waals surface area contributed by atoms with Gasteiger partial charge >= 0.3 is 5.97 Å². The quantitative estimate of drug-likeness (QED) is 0.843. The Hall–Kier alpha value is -1.56. The van der Waals surface area contributed by atoms with Gasteiger partial charge in [-0.2, -0.15) is 0 Å². The van der Waals surface area contributed by atoms with Crippen molar-refractivity contribution in [3.05, 3.63) is 16.3 Å². The summed E-state index contributed by atoms with van der Waals surface area (Å²) in [7, 11) is 0. The Morgan fingerprint density at radius 2 is 2.28 bits per heavy atom. The van der Waals surface area contributed by atoms with E-state index >= 15 is 0 Å². The second kappa shape index (κ2) is 4.28. The number of imidazole rings is 1. The van der Waals surface area contributed by atoms with Gasteiger partial charge in [0.05, 0.1) is 6.61 Å². The number of hydrogen-bond donors (Lipinski definition) is 1. The number of rotatable bonds is 2. The van der Waals surface area contributed by atoms with Crippen molar-refractivity contribution in [1.82, 2.24) is 9.38 Å². The number of carbonyl (C=O) groups is 1. The number of carbonyl (C=O) groups excluding carboxylic acids is 1. The van der Waals surface area contributed by atoms with Crippen molar-refractivity contribution in [2.45, 2.75) is 32.6 Å². The molecule has 6 heteroatoms. The molecule has 96 valence electrons. The lowest BCUT2D eigenvalue weighted by molar-refractivity contribution is 0.0521. The van der Waals surface area contributed by atoms with Crippen LogP contribution in [0.1, 0.15) is 40.8 Å². The van der Waals surface area contributed by atoms with Crippen molar-refractivity contribution in [3.8, 4) is 0 Å². The second-order valence-electron chi connectivity index (χ2n) is 4.36. The predicted molar refractivity (Wildman–Crippen MR) is 70.1 cm³/mol. The van der Waals surface area contributed by atoms with Gasteiger partial charge in [-0.1, -0.05) is 0 Å². The number of nitrogens with two attached hydrogens (primary N) is 1. The molecule has 0 saturated heterocycles. The zero-order valence-corrected chi connectivity index (χ0v) is 11.0. The fourth-order valence-corrected chi connectivity index (χ4v) is 3.62. The van der Waals surface area contributed by atoms with E-state index in [1.54, 1.807) is 18.3 Å². The Labute approximate surface area is 109 Å². The summed E-state index contributed by atoms with van der Waals surface area (Å²) >= 11 is 1.63. The standard InChI is InChI=1S/C12H15N3O2S/c1-2-17-11(16)9-10(13)15-7-5-3-4-6-8(7)18-12(15)14-9/h2-6,13H2,1H3. The van der Waals surface area contributed by atoms with Crippen molar-refractivity contribution >= 4 is 28.1 Å². The van der Waals surface area contributed by atoms with Gasteiger partial charge in [0.2, 0.25) is 0 Å². The highest BCUT2D eigenvalue weighted by Crippen LogP contribution is 2.33. The van der Waals surface area contributed by atoms with Crippen molar-refractivity contribution in [3.63, 3.8) is 0 Å². The average molecular weight is 265 g/mol. The molecule has 0 saturated carbocycles. The number of fused-ring (bicyclic) bond motifs is 3. The number of esters is 1. The maximum atomic E-state index is 11.7. The first-order chi connectivity index (χ1) is 8.72. The molecule has 1 aliphatic rings. The number of nitrogens with zero attached hydrogens (tertiary/aromatic N) is 2. The number of hydrogen-bond acceptors (Lipinski definition) is 5. The van der Waals surface area contributed by atoms with Gasteiger partial charge < -0.3 is 10.5 Å². The van der Waals surface area contributed by atoms with Gasteiger partial charge in [0.25, 0.3) is 0 Å². The zero-order chi connectivity index (χ0) is 12.7. The molecular formula is C12H15N3O2S. The molecule has 3 rings (SSSR count). The highest BCUT2D eigenvalue weighted by Gasteiger charge is 2.24. The van der Waals surface area contributed by atoms with E-state index < -0.39 is 5.97 Å². The number of thiazole rings is 1. The van der Waals surface area contributed by atoms with Gasteiger partial charge in [0.15, 0.2) is 10.7 Å². The Morgan fingerprint density at radius 3 is 3.06 bits per heavy atom. The van der Waals surface area contributed by atoms with E-state index in [9.17, 15) is 4.79 Å². The van der Waals surface area contributed by atoms with Gasteiger partial charge in [-0.05, 0) is 32.6 Å². The van der Waals surface area contributed by atoms with Crippen LogP contribution in [-0.4, -0.2) is 22.0 Å². The molecule has 2 aromatic rings. The Balaban J connectivity index is 2.12. The largest absolute Gasteiger partial charge is 0.461 e. The monoisotopic (exact) mass is 265 g/mol. The molecule has 2 N–H and O–H groups in total. The molecule has 0 fully saturated rings. The SMILES string of the molecule is CCOC(=O)c1nc2sc3c(n2c1N)CCCC3. The first-order valence-corrected chi connectivity index (χ1v) is 6.99. The number of anilines is 1. The normalized spacial score (nSPS) is 14.7. The molecule has 0 spiro atoms. The predicted octanol–water partition coefficient (Wildman–Crippen LogP) is 2.03. The van der Waals surface area contributed by atoms with Gasteiger partial charge in [0, 0.05) is 10.6 Å². The zero-order valence-electron chi connectivity index (χ0n) is 10.2. The van der Waals surface area contributed by atoms with Crippen LogP contribution in [0.15, 0.2) is 0 Å². The number of aryl methyl sites for hydroxylation is 2. The molecule has 5 nitrogen and oxygen atoms in total. The third-order valence-electron chi connectivity index (χ3n) is 3.22. The lowest BCUT2D eigenvalue weighted by Gasteiger charge is -2.10. The highest BCUT2D eigenvalue weighted by molar-refractivity contribution is 7.17. The smallest absolute Gasteiger partial charge is 0.360 e. The Kier molecular flexibility index (Phi) is 2.74. The van der Waals surface area contributed by atoms with E-state index in [1.165, 1.54) is 23.4 Å². The number of nitrogen functional groups attached to an aromatic ring is 1. The molecule has 0 amide bonds. The van der Waals surface area contributed by atoms with Gasteiger partial charge in [0.1, 0.15) is 5.82 Å². The molecule has 0 bridgehead atoms. The van der Waals surface area contributed by atoms with Crippen molar-refractivity contribution in [1.29, 1.82) is 0 Å². The van der Waals surface area contributed by atoms with Crippen molar-refractivity contribution < 1.29 is 9.53 Å². The third kappa shape index (κ3) is 1.59. The van der Waals surface area contributed by atoms with Crippen LogP contribution in [0.5, 0.6) is 0 Å². The number of aromatic nitrogens is 2. The Bertz CT molecular complexity index is 614. The van der Waals surface area contributed by atoms with Crippen LogP contribution >= 0.6 is 11.3 Å². The van der Waals surface area contributed by atoms with Crippen LogP contribution in [0.4, 0.5) is 5.82 Å². The van der Waals surface area contributed by atoms with E-state index in [0.29, 0.717) is 12.4 Å². The fourth-order valence-electron chi connectivity index (χ4n) is 2.41. The summed E-state index contributed by atoms with van der Waals surface area (Å²) in [6, 6.07) is 0. The van der Waals surface area contributed by atoms with Gasteiger partial charge in [-0.25, -0.2) is 9.78 Å². The maximum Gasteiger partial charge on any atom is 0.360 e. The topological polar surface area (TPSA) is 69.6 Å². The summed E-state index contributed by atoms with van der Waals surface area (Å²) in [4.78, 5) is 18.2. The summed E-state index contributed by atoms with van der Waals surface area (Å²) in [5.41, 5.74) is 7.52. The fraction of sp³-hybridized carbons (Fsp3) is 0.500. The molecular weight excluding hydrogens is 250 g/mol. The van der Waals surface area contributed by atoms with E-state index in [2.05, 4.69) is 4.98 Å². The molecule has 0 atom stereocenters. The molecule has 1 aliphatic carbocycles. The summed E-state index contributed by atoms with van der Waals surface area (Å²) < 4.78 is 6.88. The van der Waals surface area contributed by atoms with Crippen LogP contribution in [-0.2, 0) is 17.6 Å². The van der Waals surface area contributed by atoms with Crippen LogP contribution in [0.3, 0.4) is 0 Å². The van der Waals surface area contributed by atoms with E-state index in [1.807, 2.05) is 4.40 Å². The molecule has 0 aromatic carbocycles. The molecule has 2 aromatic heterocycles. The van der Waals surface area contributed by atoms with Crippen LogP contribution in [0.25, 0.3) is 4.96 Å². The van der Waals surface area contributed by atoms with Crippen molar-refractivity contribution in [2.24, 2.45) is 0 Å². The van der Waals surface area contributed by atoms with Crippen LogP contribution < -0.4 is 5.73 Å². The molecule has 0 radical (unpaired) electrons. The minimum atomic E-state index is -0.435. The van der Waals surface area contributed by atoms with E-state index in [4.69, 9.17) is 10.5 Å². The average Bonchev–Trinajstić information content (AvgIpc) is 2.87. The number of ether oxygens (including phenoxy) is 1. The van der Waals surface area contributed by atoms with Crippen LogP contribution in [0.2, 0.25) is 0 Å². The summed E-state index contributed by atoms with van der Waals surface area (Å²) in [5.74, 6) is -0.0155. The molecule has 18 heavy (non-hydrogen) atoms. The highest BCUT2D eigenvalue weighted by atomic mass is 32.1. The summed E-state index contributed by atoms with van der Waals surface area (Å²) in [5, 5.41) is 0. The maximum absolute atomic E-state index is 11.7. The third-order valence-corrected chi connectivity index (χ3v) is 4.37. The molecule has 2 heterocycles. The second-order valence-corrected chi connectivity index (χ2v) is 5.43. The molecule has 0 aliphatic heterocycles. The minimum Gasteiger partial charge on any atom is -0.461 e. The first kappa shape index (κ1) is 11.5. The minimum absolute atomic E-state index is 0.247. The van der Waals surface area contributed by atoms with Crippen molar-refractivity contribution in [2.75, 3.05) is 12.3 Å². The van der Waals surface area contributed by atoms with Gasteiger partial charge in [-0.15, -0.1) is 11.3 Å². The van der Waals surface area contributed by atoms with Gasteiger partial charge in [-0.3, -0.25) is 4.40 Å². The first-order valence-electron chi connectivity index (χ1n) is 6.18. The van der Waals surface area contributed by atoms with Crippen LogP contribution in [0, 0.1) is 0 Å². The lowest BCUT2D eigenvalue weighted by Crippen LogP contribution is -2.10. The summed E-state index contributed by atoms with van der Waals surface area (Å²) in [6.07, 6.45) is 4.50. The van der Waals surface area contributed by atoms with E-state index in [0.717, 1.165) is 17.8 Å². The summed E-state index contributed by atoms with van der Waals surface area (Å²) in [6.45, 7) is 2.11. The Morgan fingerprint density at radius 1 is 1.50 bits per heavy atom. The lowest BCUT2D eigenvalue weighted by atomic mass is 10.0. The van der Waals surface area contributed by atoms with E-state index in [-0.39, 0.29) is 5.69 Å². The molecule has 0 unspecified atom stereocenters.